The van der Waals surface area contributed by atoms with Gasteiger partial charge in [0.05, 0.1) is 0 Å². The zero-order valence-electron chi connectivity index (χ0n) is 28.9. The van der Waals surface area contributed by atoms with Crippen molar-refractivity contribution in [3.05, 3.63) is 157 Å². The fourth-order valence-electron chi connectivity index (χ4n) is 7.45. The summed E-state index contributed by atoms with van der Waals surface area (Å²) >= 11 is 0. The van der Waals surface area contributed by atoms with Gasteiger partial charge in [-0.1, -0.05) is 163 Å². The van der Waals surface area contributed by atoms with Crippen LogP contribution in [-0.2, 0) is 10.8 Å². The fourth-order valence-corrected chi connectivity index (χ4v) is 7.45. The first kappa shape index (κ1) is 30.2. The average molecular weight is 619 g/mol. The number of hydrogen-bond donors (Lipinski definition) is 0. The van der Waals surface area contributed by atoms with Gasteiger partial charge in [0.1, 0.15) is 0 Å². The van der Waals surface area contributed by atoms with Gasteiger partial charge in [-0.15, -0.1) is 0 Å². The topological polar surface area (TPSA) is 0 Å². The Morgan fingerprint density at radius 2 is 0.833 bits per heavy atom. The molecule has 0 N–H and O–H groups in total. The van der Waals surface area contributed by atoms with Crippen LogP contribution in [0.15, 0.2) is 146 Å². The molecule has 0 fully saturated rings. The highest BCUT2D eigenvalue weighted by molar-refractivity contribution is 6.22. The predicted octanol–water partition coefficient (Wildman–Crippen LogP) is 13.9. The van der Waals surface area contributed by atoms with Crippen LogP contribution < -0.4 is 0 Å². The third-order valence-corrected chi connectivity index (χ3v) is 10.1. The highest BCUT2D eigenvalue weighted by Crippen LogP contribution is 2.47. The Balaban J connectivity index is 1.50. The first-order valence-corrected chi connectivity index (χ1v) is 17.2. The van der Waals surface area contributed by atoms with E-state index in [-0.39, 0.29) is 10.8 Å². The van der Waals surface area contributed by atoms with E-state index in [4.69, 9.17) is 0 Å². The summed E-state index contributed by atoms with van der Waals surface area (Å²) in [5, 5.41) is 10.3. The molecular weight excluding hydrogens is 577 g/mol. The lowest BCUT2D eigenvalue weighted by Gasteiger charge is -2.25. The summed E-state index contributed by atoms with van der Waals surface area (Å²) in [7, 11) is 0. The lowest BCUT2D eigenvalue weighted by molar-refractivity contribution is 0.590. The van der Waals surface area contributed by atoms with E-state index in [1.165, 1.54) is 87.6 Å². The molecule has 0 heterocycles. The van der Waals surface area contributed by atoms with Crippen molar-refractivity contribution in [2.45, 2.75) is 52.4 Å². The van der Waals surface area contributed by atoms with Crippen molar-refractivity contribution in [3.8, 4) is 33.4 Å². The first-order valence-electron chi connectivity index (χ1n) is 17.2. The van der Waals surface area contributed by atoms with Crippen LogP contribution in [0.4, 0.5) is 0 Å². The van der Waals surface area contributed by atoms with Gasteiger partial charge in [0.25, 0.3) is 0 Å². The van der Waals surface area contributed by atoms with Crippen molar-refractivity contribution >= 4 is 43.1 Å². The van der Waals surface area contributed by atoms with Crippen LogP contribution >= 0.6 is 0 Å². The second-order valence-electron chi connectivity index (χ2n) is 15.4. The minimum atomic E-state index is 0.0183. The largest absolute Gasteiger partial charge is 0.0616 e. The van der Waals surface area contributed by atoms with Crippen LogP contribution in [0, 0.1) is 0 Å². The fraction of sp³-hybridized carbons (Fsp3) is 0.167. The third kappa shape index (κ3) is 5.17. The number of fused-ring (bicyclic) bond motifs is 4. The number of rotatable bonds is 3. The summed E-state index contributed by atoms with van der Waals surface area (Å²) in [6, 6.07) is 54.7. The summed E-state index contributed by atoms with van der Waals surface area (Å²) < 4.78 is 0. The standard InChI is InChI=1S/C48H42/c1-47(2,3)37-24-26-42-43(29-37)45(35-18-11-17-34(28-35)40-20-12-16-32-14-9-10-19-39(32)40)41-25-23-38(48(4,5)6)30-44(41)46(42)36-22-21-31-13-7-8-15-33(31)27-36/h7-30H,1-6H3. The van der Waals surface area contributed by atoms with Crippen molar-refractivity contribution in [2.24, 2.45) is 0 Å². The van der Waals surface area contributed by atoms with Crippen LogP contribution in [0.3, 0.4) is 0 Å². The van der Waals surface area contributed by atoms with Gasteiger partial charge in [-0.2, -0.15) is 0 Å². The molecule has 0 heteroatoms. The van der Waals surface area contributed by atoms with Gasteiger partial charge in [0.2, 0.25) is 0 Å². The summed E-state index contributed by atoms with van der Waals surface area (Å²) in [5.41, 5.74) is 10.4. The monoisotopic (exact) mass is 618 g/mol. The predicted molar refractivity (Wildman–Crippen MR) is 210 cm³/mol. The van der Waals surface area contributed by atoms with E-state index >= 15 is 0 Å². The minimum absolute atomic E-state index is 0.0183. The van der Waals surface area contributed by atoms with Crippen LogP contribution in [0.5, 0.6) is 0 Å². The Morgan fingerprint density at radius 3 is 1.48 bits per heavy atom. The van der Waals surface area contributed by atoms with Gasteiger partial charge in [-0.25, -0.2) is 0 Å². The second-order valence-corrected chi connectivity index (χ2v) is 15.4. The Kier molecular flexibility index (Phi) is 7.04. The van der Waals surface area contributed by atoms with E-state index in [1.807, 2.05) is 0 Å². The molecular formula is C48H42. The molecule has 0 saturated carbocycles. The van der Waals surface area contributed by atoms with E-state index < -0.39 is 0 Å². The molecule has 48 heavy (non-hydrogen) atoms. The maximum atomic E-state index is 2.47. The van der Waals surface area contributed by atoms with Gasteiger partial charge in [0.15, 0.2) is 0 Å². The van der Waals surface area contributed by atoms with Gasteiger partial charge in [-0.05, 0) is 123 Å². The molecule has 0 aliphatic heterocycles. The maximum Gasteiger partial charge on any atom is -0.00260 e. The molecule has 0 nitrogen and oxygen atoms in total. The SMILES string of the molecule is CC(C)(C)c1ccc2c(-c3ccc4ccccc4c3)c3cc(C(C)(C)C)ccc3c(-c3cccc(-c4cccc5ccccc45)c3)c2c1. The van der Waals surface area contributed by atoms with E-state index in [2.05, 4.69) is 187 Å². The molecule has 8 aromatic carbocycles. The van der Waals surface area contributed by atoms with Crippen LogP contribution in [0.25, 0.3) is 76.5 Å². The third-order valence-electron chi connectivity index (χ3n) is 10.1. The summed E-state index contributed by atoms with van der Waals surface area (Å²) in [6.45, 7) is 13.9. The first-order chi connectivity index (χ1) is 23.1. The van der Waals surface area contributed by atoms with Crippen molar-refractivity contribution in [1.29, 1.82) is 0 Å². The van der Waals surface area contributed by atoms with Gasteiger partial charge in [0, 0.05) is 0 Å². The minimum Gasteiger partial charge on any atom is -0.0616 e. The molecule has 0 aliphatic carbocycles. The maximum absolute atomic E-state index is 2.47. The second kappa shape index (κ2) is 11.2. The summed E-state index contributed by atoms with van der Waals surface area (Å²) in [5.74, 6) is 0. The van der Waals surface area contributed by atoms with E-state index in [9.17, 15) is 0 Å². The quantitative estimate of drug-likeness (QED) is 0.173. The molecule has 8 aromatic rings. The molecule has 0 aliphatic rings. The van der Waals surface area contributed by atoms with Crippen molar-refractivity contribution in [1.82, 2.24) is 0 Å². The van der Waals surface area contributed by atoms with Gasteiger partial charge < -0.3 is 0 Å². The number of benzene rings is 8. The highest BCUT2D eigenvalue weighted by atomic mass is 14.3. The molecule has 0 spiro atoms. The molecule has 0 atom stereocenters. The molecule has 0 amide bonds. The zero-order valence-corrected chi connectivity index (χ0v) is 28.9. The normalized spacial score (nSPS) is 12.4. The zero-order chi connectivity index (χ0) is 33.2. The molecule has 8 rings (SSSR count). The van der Waals surface area contributed by atoms with Crippen molar-refractivity contribution in [3.63, 3.8) is 0 Å². The molecule has 234 valence electrons. The summed E-state index contributed by atoms with van der Waals surface area (Å²) in [6.07, 6.45) is 0. The van der Waals surface area contributed by atoms with Crippen LogP contribution in [0.2, 0.25) is 0 Å². The highest BCUT2D eigenvalue weighted by Gasteiger charge is 2.23. The number of hydrogen-bond acceptors (Lipinski definition) is 0. The van der Waals surface area contributed by atoms with Gasteiger partial charge in [-0.3, -0.25) is 0 Å². The lowest BCUT2D eigenvalue weighted by Crippen LogP contribution is -2.11. The lowest BCUT2D eigenvalue weighted by atomic mass is 9.79. The Bertz CT molecular complexity index is 2510. The van der Waals surface area contributed by atoms with E-state index in [0.29, 0.717) is 0 Å². The smallest absolute Gasteiger partial charge is 0.00260 e. The molecule has 0 radical (unpaired) electrons. The molecule has 0 saturated heterocycles. The molecule has 0 aromatic heterocycles. The van der Waals surface area contributed by atoms with Crippen LogP contribution in [-0.4, -0.2) is 0 Å². The van der Waals surface area contributed by atoms with E-state index in [0.717, 1.165) is 0 Å². The Morgan fingerprint density at radius 1 is 0.312 bits per heavy atom. The van der Waals surface area contributed by atoms with Crippen molar-refractivity contribution < 1.29 is 0 Å². The van der Waals surface area contributed by atoms with Gasteiger partial charge >= 0.3 is 0 Å². The summed E-state index contributed by atoms with van der Waals surface area (Å²) in [4.78, 5) is 0. The van der Waals surface area contributed by atoms with E-state index in [1.54, 1.807) is 0 Å². The van der Waals surface area contributed by atoms with Crippen molar-refractivity contribution in [2.75, 3.05) is 0 Å². The Hall–Kier alpha value is -5.20. The Labute approximate surface area is 284 Å². The van der Waals surface area contributed by atoms with Crippen LogP contribution in [0.1, 0.15) is 52.7 Å². The molecule has 0 unspecified atom stereocenters. The average Bonchev–Trinajstić information content (AvgIpc) is 3.09. The molecule has 0 bridgehead atoms.